The molecular formula is C13H20BrNO. The van der Waals surface area contributed by atoms with Gasteiger partial charge in [-0.2, -0.15) is 0 Å². The van der Waals surface area contributed by atoms with E-state index >= 15 is 0 Å². The number of nitrogens with one attached hydrogen (secondary N) is 1. The summed E-state index contributed by atoms with van der Waals surface area (Å²) < 4.78 is 6.69. The van der Waals surface area contributed by atoms with Crippen LogP contribution in [0.15, 0.2) is 22.7 Å². The van der Waals surface area contributed by atoms with Crippen molar-refractivity contribution in [2.45, 2.75) is 33.2 Å². The van der Waals surface area contributed by atoms with Crippen molar-refractivity contribution in [3.05, 3.63) is 28.2 Å². The SMILES string of the molecule is Cc1ccc(OCCNC(C)(C)C)c(Br)c1. The molecule has 90 valence electrons. The van der Waals surface area contributed by atoms with Gasteiger partial charge in [0.2, 0.25) is 0 Å². The lowest BCUT2D eigenvalue weighted by Crippen LogP contribution is -2.38. The summed E-state index contributed by atoms with van der Waals surface area (Å²) >= 11 is 3.49. The van der Waals surface area contributed by atoms with E-state index in [0.29, 0.717) is 6.61 Å². The lowest BCUT2D eigenvalue weighted by atomic mass is 10.1. The molecule has 0 bridgehead atoms. The van der Waals surface area contributed by atoms with Gasteiger partial charge in [-0.05, 0) is 61.3 Å². The van der Waals surface area contributed by atoms with Crippen molar-refractivity contribution in [1.29, 1.82) is 0 Å². The smallest absolute Gasteiger partial charge is 0.133 e. The first-order chi connectivity index (χ1) is 7.38. The number of ether oxygens (including phenoxy) is 1. The van der Waals surface area contributed by atoms with Gasteiger partial charge in [0, 0.05) is 12.1 Å². The Morgan fingerprint density at radius 3 is 2.56 bits per heavy atom. The van der Waals surface area contributed by atoms with Crippen LogP contribution in [0.5, 0.6) is 5.75 Å². The minimum atomic E-state index is 0.147. The third kappa shape index (κ3) is 4.99. The first-order valence-electron chi connectivity index (χ1n) is 5.52. The average Bonchev–Trinajstić information content (AvgIpc) is 2.13. The summed E-state index contributed by atoms with van der Waals surface area (Å²) in [6.07, 6.45) is 0. The van der Waals surface area contributed by atoms with Crippen LogP contribution in [0.1, 0.15) is 26.3 Å². The zero-order valence-corrected chi connectivity index (χ0v) is 12.0. The maximum atomic E-state index is 5.68. The fourth-order valence-corrected chi connectivity index (χ4v) is 1.92. The zero-order valence-electron chi connectivity index (χ0n) is 10.4. The van der Waals surface area contributed by atoms with Crippen molar-refractivity contribution in [2.75, 3.05) is 13.2 Å². The maximum absolute atomic E-state index is 5.68. The van der Waals surface area contributed by atoms with Gasteiger partial charge in [0.15, 0.2) is 0 Å². The van der Waals surface area contributed by atoms with Gasteiger partial charge in [0.1, 0.15) is 12.4 Å². The molecule has 0 heterocycles. The lowest BCUT2D eigenvalue weighted by Gasteiger charge is -2.20. The molecule has 0 aliphatic heterocycles. The molecule has 0 fully saturated rings. The normalized spacial score (nSPS) is 11.6. The second kappa shape index (κ2) is 5.69. The zero-order chi connectivity index (χ0) is 12.2. The molecule has 0 spiro atoms. The summed E-state index contributed by atoms with van der Waals surface area (Å²) in [6, 6.07) is 6.11. The van der Waals surface area contributed by atoms with Crippen LogP contribution < -0.4 is 10.1 Å². The average molecular weight is 286 g/mol. The molecule has 1 aromatic carbocycles. The molecule has 3 heteroatoms. The number of benzene rings is 1. The number of halogens is 1. The van der Waals surface area contributed by atoms with E-state index in [9.17, 15) is 0 Å². The van der Waals surface area contributed by atoms with E-state index in [2.05, 4.69) is 61.1 Å². The summed E-state index contributed by atoms with van der Waals surface area (Å²) in [7, 11) is 0. The van der Waals surface area contributed by atoms with E-state index in [1.54, 1.807) is 0 Å². The Morgan fingerprint density at radius 1 is 1.31 bits per heavy atom. The number of hydrogen-bond donors (Lipinski definition) is 1. The molecule has 0 aliphatic rings. The predicted molar refractivity (Wildman–Crippen MR) is 72.1 cm³/mol. The third-order valence-corrected chi connectivity index (χ3v) is 2.72. The Kier molecular flexibility index (Phi) is 4.81. The highest BCUT2D eigenvalue weighted by atomic mass is 79.9. The Bertz CT molecular complexity index is 344. The lowest BCUT2D eigenvalue weighted by molar-refractivity contribution is 0.289. The fourth-order valence-electron chi connectivity index (χ4n) is 1.31. The predicted octanol–water partition coefficient (Wildman–Crippen LogP) is 3.52. The Labute approximate surface area is 107 Å². The molecule has 0 saturated carbocycles. The summed E-state index contributed by atoms with van der Waals surface area (Å²) in [5, 5.41) is 3.38. The van der Waals surface area contributed by atoms with Crippen molar-refractivity contribution < 1.29 is 4.74 Å². The summed E-state index contributed by atoms with van der Waals surface area (Å²) in [4.78, 5) is 0. The Hall–Kier alpha value is -0.540. The number of aryl methyl sites for hydroxylation is 1. The van der Waals surface area contributed by atoms with E-state index in [1.807, 2.05) is 6.07 Å². The van der Waals surface area contributed by atoms with Crippen molar-refractivity contribution in [2.24, 2.45) is 0 Å². The highest BCUT2D eigenvalue weighted by Gasteiger charge is 2.08. The highest BCUT2D eigenvalue weighted by molar-refractivity contribution is 9.10. The van der Waals surface area contributed by atoms with Crippen LogP contribution >= 0.6 is 15.9 Å². The first kappa shape index (κ1) is 13.5. The summed E-state index contributed by atoms with van der Waals surface area (Å²) in [5.74, 6) is 0.904. The molecule has 1 rings (SSSR count). The number of rotatable bonds is 4. The van der Waals surface area contributed by atoms with E-state index in [0.717, 1.165) is 16.8 Å². The molecular weight excluding hydrogens is 266 g/mol. The second-order valence-corrected chi connectivity index (χ2v) is 5.81. The topological polar surface area (TPSA) is 21.3 Å². The van der Waals surface area contributed by atoms with Gasteiger partial charge in [-0.1, -0.05) is 6.07 Å². The van der Waals surface area contributed by atoms with Gasteiger partial charge < -0.3 is 10.1 Å². The van der Waals surface area contributed by atoms with Crippen LogP contribution in [0, 0.1) is 6.92 Å². The Balaban J connectivity index is 2.38. The van der Waals surface area contributed by atoms with E-state index in [4.69, 9.17) is 4.74 Å². The molecule has 0 unspecified atom stereocenters. The van der Waals surface area contributed by atoms with E-state index in [1.165, 1.54) is 5.56 Å². The molecule has 0 radical (unpaired) electrons. The van der Waals surface area contributed by atoms with Crippen molar-refractivity contribution in [1.82, 2.24) is 5.32 Å². The van der Waals surface area contributed by atoms with Crippen molar-refractivity contribution >= 4 is 15.9 Å². The molecule has 0 aromatic heterocycles. The van der Waals surface area contributed by atoms with E-state index in [-0.39, 0.29) is 5.54 Å². The molecule has 0 amide bonds. The van der Waals surface area contributed by atoms with Crippen LogP contribution in [0.25, 0.3) is 0 Å². The van der Waals surface area contributed by atoms with Crippen LogP contribution in [-0.4, -0.2) is 18.7 Å². The highest BCUT2D eigenvalue weighted by Crippen LogP contribution is 2.25. The molecule has 0 saturated heterocycles. The van der Waals surface area contributed by atoms with Gasteiger partial charge in [0.25, 0.3) is 0 Å². The molecule has 1 aromatic rings. The van der Waals surface area contributed by atoms with Crippen molar-refractivity contribution in [3.8, 4) is 5.75 Å². The van der Waals surface area contributed by atoms with Gasteiger partial charge in [-0.15, -0.1) is 0 Å². The van der Waals surface area contributed by atoms with Crippen LogP contribution in [-0.2, 0) is 0 Å². The van der Waals surface area contributed by atoms with Crippen LogP contribution in [0.3, 0.4) is 0 Å². The quantitative estimate of drug-likeness (QED) is 0.855. The summed E-state index contributed by atoms with van der Waals surface area (Å²) in [6.45, 7) is 10.0. The molecule has 1 N–H and O–H groups in total. The minimum absolute atomic E-state index is 0.147. The van der Waals surface area contributed by atoms with Gasteiger partial charge >= 0.3 is 0 Å². The second-order valence-electron chi connectivity index (χ2n) is 4.96. The van der Waals surface area contributed by atoms with Gasteiger partial charge in [0.05, 0.1) is 4.47 Å². The van der Waals surface area contributed by atoms with Crippen LogP contribution in [0.2, 0.25) is 0 Å². The third-order valence-electron chi connectivity index (χ3n) is 2.10. The summed E-state index contributed by atoms with van der Waals surface area (Å²) in [5.41, 5.74) is 1.38. The largest absolute Gasteiger partial charge is 0.491 e. The van der Waals surface area contributed by atoms with Crippen LogP contribution in [0.4, 0.5) is 0 Å². The fraction of sp³-hybridized carbons (Fsp3) is 0.538. The van der Waals surface area contributed by atoms with E-state index < -0.39 is 0 Å². The maximum Gasteiger partial charge on any atom is 0.133 e. The molecule has 0 atom stereocenters. The monoisotopic (exact) mass is 285 g/mol. The van der Waals surface area contributed by atoms with Gasteiger partial charge in [-0.3, -0.25) is 0 Å². The number of hydrogen-bond acceptors (Lipinski definition) is 2. The van der Waals surface area contributed by atoms with Gasteiger partial charge in [-0.25, -0.2) is 0 Å². The molecule has 16 heavy (non-hydrogen) atoms. The molecule has 0 aliphatic carbocycles. The minimum Gasteiger partial charge on any atom is -0.491 e. The standard InChI is InChI=1S/C13H20BrNO/c1-10-5-6-12(11(14)9-10)16-8-7-15-13(2,3)4/h5-6,9,15H,7-8H2,1-4H3. The molecule has 2 nitrogen and oxygen atoms in total. The van der Waals surface area contributed by atoms with Crippen molar-refractivity contribution in [3.63, 3.8) is 0 Å². The first-order valence-corrected chi connectivity index (χ1v) is 6.32. The Morgan fingerprint density at radius 2 is 2.00 bits per heavy atom.